The first-order valence-electron chi connectivity index (χ1n) is 9.73. The van der Waals surface area contributed by atoms with Gasteiger partial charge in [-0.25, -0.2) is 9.13 Å². The molecule has 0 saturated carbocycles. The van der Waals surface area contributed by atoms with Crippen molar-refractivity contribution in [2.45, 2.75) is 73.1 Å². The summed E-state index contributed by atoms with van der Waals surface area (Å²) in [7, 11) is -9.28. The third-order valence-electron chi connectivity index (χ3n) is 3.79. The molecule has 0 aromatic rings. The van der Waals surface area contributed by atoms with E-state index >= 15 is 0 Å². The van der Waals surface area contributed by atoms with E-state index in [0.29, 0.717) is 5.92 Å². The normalized spacial score (nSPS) is 13.3. The quantitative estimate of drug-likeness (QED) is 0.145. The molecule has 0 bridgehead atoms. The van der Waals surface area contributed by atoms with Crippen LogP contribution in [0.25, 0.3) is 0 Å². The Hall–Kier alpha value is -0.820. The van der Waals surface area contributed by atoms with Crippen LogP contribution >= 0.6 is 15.6 Å². The first-order chi connectivity index (χ1) is 13.6. The van der Waals surface area contributed by atoms with Crippen LogP contribution in [0.15, 0.2) is 47.6 Å². The minimum atomic E-state index is -4.64. The summed E-state index contributed by atoms with van der Waals surface area (Å²) in [5, 5.41) is 0. The maximum atomic E-state index is 8.88. The molecule has 8 nitrogen and oxygen atoms in total. The highest BCUT2D eigenvalue weighted by atomic mass is 31.2. The smallest absolute Gasteiger partial charge is 0.303 e. The summed E-state index contributed by atoms with van der Waals surface area (Å²) < 4.78 is 17.8. The molecule has 6 N–H and O–H groups in total. The van der Waals surface area contributed by atoms with Crippen molar-refractivity contribution in [3.63, 3.8) is 0 Å². The zero-order valence-corrected chi connectivity index (χ0v) is 20.5. The monoisotopic (exact) mass is 470 g/mol. The molecule has 0 aliphatic heterocycles. The molecule has 0 aliphatic rings. The van der Waals surface area contributed by atoms with Crippen molar-refractivity contribution < 1.29 is 38.5 Å². The molecule has 0 amide bonds. The molecule has 0 heterocycles. The fourth-order valence-electron chi connectivity index (χ4n) is 2.01. The van der Waals surface area contributed by atoms with E-state index in [2.05, 4.69) is 71.1 Å². The third-order valence-corrected chi connectivity index (χ3v) is 3.79. The number of unbranched alkanes of at least 4 members (excludes halogenated alkanes) is 2. The van der Waals surface area contributed by atoms with Crippen LogP contribution < -0.4 is 0 Å². The summed E-state index contributed by atoms with van der Waals surface area (Å²) in [5.74, 6) is 0.687. The Morgan fingerprint density at radius 3 is 1.30 bits per heavy atom. The van der Waals surface area contributed by atoms with Crippen LogP contribution in [0.2, 0.25) is 0 Å². The number of hydrogen-bond donors (Lipinski definition) is 6. The first kappa shape index (κ1) is 33.8. The van der Waals surface area contributed by atoms with Gasteiger partial charge in [0, 0.05) is 0 Å². The summed E-state index contributed by atoms with van der Waals surface area (Å²) in [4.78, 5) is 43.1. The largest absolute Gasteiger partial charge is 0.466 e. The number of allylic oxidation sites excluding steroid dienone is 8. The van der Waals surface area contributed by atoms with Crippen molar-refractivity contribution in [2.24, 2.45) is 5.92 Å². The van der Waals surface area contributed by atoms with Gasteiger partial charge >= 0.3 is 15.6 Å². The van der Waals surface area contributed by atoms with E-state index in [1.165, 1.54) is 38.5 Å². The predicted octanol–water partition coefficient (Wildman–Crippen LogP) is 5.15. The van der Waals surface area contributed by atoms with Crippen molar-refractivity contribution in [3.05, 3.63) is 47.6 Å². The van der Waals surface area contributed by atoms with Gasteiger partial charge < -0.3 is 29.4 Å². The van der Waals surface area contributed by atoms with Gasteiger partial charge in [0.25, 0.3) is 0 Å². The molecule has 0 aliphatic carbocycles. The number of hydrogen-bond acceptors (Lipinski definition) is 2. The Kier molecular flexibility index (Phi) is 22.7. The zero-order valence-electron chi connectivity index (χ0n) is 18.7. The molecule has 0 unspecified atom stereocenters. The molecule has 0 atom stereocenters. The van der Waals surface area contributed by atoms with Crippen LogP contribution in [0.4, 0.5) is 0 Å². The van der Waals surface area contributed by atoms with E-state index in [0.717, 1.165) is 0 Å². The molecule has 0 aromatic carbocycles. The molecular formula is C20H40O8P2. The van der Waals surface area contributed by atoms with E-state index in [1.807, 2.05) is 0 Å². The van der Waals surface area contributed by atoms with Gasteiger partial charge in [-0.2, -0.15) is 0 Å². The Bertz CT molecular complexity index is 588. The van der Waals surface area contributed by atoms with Crippen molar-refractivity contribution in [2.75, 3.05) is 0 Å². The predicted molar refractivity (Wildman–Crippen MR) is 123 cm³/mol. The van der Waals surface area contributed by atoms with Gasteiger partial charge in [0.1, 0.15) is 0 Å². The van der Waals surface area contributed by atoms with Gasteiger partial charge in [-0.3, -0.25) is 0 Å². The zero-order chi connectivity index (χ0) is 24.2. The van der Waals surface area contributed by atoms with Crippen molar-refractivity contribution in [1.29, 1.82) is 0 Å². The second-order valence-corrected chi connectivity index (χ2v) is 8.90. The summed E-state index contributed by atoms with van der Waals surface area (Å²) in [5.41, 5.74) is 3.12. The standard InChI is InChI=1S/C20H34.2H3O4P/c1-6-7-8-9-10-11-12-13-14-15-16-17-19(4)20(5)18(2)3;2*1-5(2,3)4/h6-7,10-11,14-15,18H,8-9,12-13,16-17H2,1-5H3;2*(H3,1,2,3,4). The van der Waals surface area contributed by atoms with Crippen molar-refractivity contribution in [1.82, 2.24) is 0 Å². The molecule has 0 saturated heterocycles. The average Bonchev–Trinajstić information content (AvgIpc) is 2.55. The van der Waals surface area contributed by atoms with Gasteiger partial charge in [-0.15, -0.1) is 0 Å². The van der Waals surface area contributed by atoms with Crippen LogP contribution in [-0.2, 0) is 9.13 Å². The number of phosphoric acid groups is 2. The fourth-order valence-corrected chi connectivity index (χ4v) is 2.01. The molecule has 0 rings (SSSR count). The van der Waals surface area contributed by atoms with Gasteiger partial charge in [-0.1, -0.05) is 61.4 Å². The molecule has 30 heavy (non-hydrogen) atoms. The molecule has 10 heteroatoms. The lowest BCUT2D eigenvalue weighted by Crippen LogP contribution is -1.93. The Labute approximate surface area is 181 Å². The minimum absolute atomic E-state index is 0.687. The molecule has 0 spiro atoms. The summed E-state index contributed by atoms with van der Waals surface area (Å²) >= 11 is 0. The van der Waals surface area contributed by atoms with E-state index in [9.17, 15) is 0 Å². The molecule has 0 aromatic heterocycles. The van der Waals surface area contributed by atoms with E-state index in [-0.39, 0.29) is 0 Å². The van der Waals surface area contributed by atoms with Crippen molar-refractivity contribution >= 4 is 15.6 Å². The molecule has 0 radical (unpaired) electrons. The highest BCUT2D eigenvalue weighted by molar-refractivity contribution is 7.45. The fraction of sp³-hybridized carbons (Fsp3) is 0.600. The Morgan fingerprint density at radius 1 is 0.700 bits per heavy atom. The van der Waals surface area contributed by atoms with E-state index in [4.69, 9.17) is 38.5 Å². The number of rotatable bonds is 10. The first-order valence-corrected chi connectivity index (χ1v) is 12.9. The second kappa shape index (κ2) is 20.1. The van der Waals surface area contributed by atoms with Gasteiger partial charge in [0.15, 0.2) is 0 Å². The summed E-state index contributed by atoms with van der Waals surface area (Å²) in [6.07, 6.45) is 20.7. The van der Waals surface area contributed by atoms with Gasteiger partial charge in [0.2, 0.25) is 0 Å². The lowest BCUT2D eigenvalue weighted by Gasteiger charge is -2.09. The highest BCUT2D eigenvalue weighted by Gasteiger charge is 2.01. The van der Waals surface area contributed by atoms with E-state index in [1.54, 1.807) is 11.1 Å². The second-order valence-electron chi connectivity index (χ2n) is 6.85. The molecule has 0 fully saturated rings. The maximum absolute atomic E-state index is 8.88. The van der Waals surface area contributed by atoms with Crippen LogP contribution in [0, 0.1) is 5.92 Å². The Balaban J connectivity index is -0.000000599. The lowest BCUT2D eigenvalue weighted by molar-refractivity contribution is 0.272. The highest BCUT2D eigenvalue weighted by Crippen LogP contribution is 2.26. The minimum Gasteiger partial charge on any atom is -0.303 e. The average molecular weight is 470 g/mol. The SMILES string of the molecule is CC=CCCC=CCCC=CCCC(C)=C(C)C(C)C.O=P(O)(O)O.O=P(O)(O)O. The van der Waals surface area contributed by atoms with Crippen LogP contribution in [0.3, 0.4) is 0 Å². The molecule has 178 valence electrons. The van der Waals surface area contributed by atoms with Crippen molar-refractivity contribution in [3.8, 4) is 0 Å². The van der Waals surface area contributed by atoms with Gasteiger partial charge in [-0.05, 0) is 65.2 Å². The topological polar surface area (TPSA) is 156 Å². The van der Waals surface area contributed by atoms with Crippen LogP contribution in [-0.4, -0.2) is 29.4 Å². The maximum Gasteiger partial charge on any atom is 0.466 e. The van der Waals surface area contributed by atoms with Gasteiger partial charge in [0.05, 0.1) is 0 Å². The van der Waals surface area contributed by atoms with Crippen LogP contribution in [0.5, 0.6) is 0 Å². The Morgan fingerprint density at radius 2 is 1.00 bits per heavy atom. The third kappa shape index (κ3) is 45.7. The summed E-state index contributed by atoms with van der Waals surface area (Å²) in [6.45, 7) is 11.2. The summed E-state index contributed by atoms with van der Waals surface area (Å²) in [6, 6.07) is 0. The molecular weight excluding hydrogens is 430 g/mol. The van der Waals surface area contributed by atoms with E-state index < -0.39 is 15.6 Å². The lowest BCUT2D eigenvalue weighted by atomic mass is 9.97. The van der Waals surface area contributed by atoms with Crippen LogP contribution in [0.1, 0.15) is 73.1 Å².